The van der Waals surface area contributed by atoms with Crippen LogP contribution in [0.1, 0.15) is 40.2 Å². The molecule has 0 aliphatic rings. The van der Waals surface area contributed by atoms with Crippen LogP contribution < -0.4 is 5.32 Å². The van der Waals surface area contributed by atoms with Crippen LogP contribution >= 0.6 is 0 Å². The number of nitrogens with one attached hydrogen (secondary N) is 1. The van der Waals surface area contributed by atoms with Crippen LogP contribution in [0.3, 0.4) is 0 Å². The average molecular weight is 320 g/mol. The van der Waals surface area contributed by atoms with Crippen molar-refractivity contribution in [2.24, 2.45) is 0 Å². The van der Waals surface area contributed by atoms with Gasteiger partial charge in [0.25, 0.3) is 0 Å². The van der Waals surface area contributed by atoms with Crippen LogP contribution in [0, 0.1) is 0 Å². The molecule has 1 unspecified atom stereocenters. The Morgan fingerprint density at radius 1 is 1.13 bits per heavy atom. The standard InChI is InChI=1S/C18H28N2O3/c1-6-20(7-2)16(21)15(13-14-11-9-8-10-12-14)19-17(22)23-18(3,4)5/h8-12,15H,6-7,13H2,1-5H3,(H,19,22). The van der Waals surface area contributed by atoms with E-state index in [2.05, 4.69) is 5.32 Å². The molecule has 1 atom stereocenters. The lowest BCUT2D eigenvalue weighted by molar-refractivity contribution is -0.133. The minimum Gasteiger partial charge on any atom is -0.444 e. The summed E-state index contributed by atoms with van der Waals surface area (Å²) in [4.78, 5) is 26.4. The van der Waals surface area contributed by atoms with E-state index < -0.39 is 17.7 Å². The van der Waals surface area contributed by atoms with Crippen molar-refractivity contribution in [3.05, 3.63) is 35.9 Å². The fourth-order valence-corrected chi connectivity index (χ4v) is 2.26. The van der Waals surface area contributed by atoms with Gasteiger partial charge < -0.3 is 15.0 Å². The third-order valence-corrected chi connectivity index (χ3v) is 3.35. The van der Waals surface area contributed by atoms with E-state index in [9.17, 15) is 9.59 Å². The van der Waals surface area contributed by atoms with Gasteiger partial charge in [-0.3, -0.25) is 4.79 Å². The van der Waals surface area contributed by atoms with Crippen molar-refractivity contribution >= 4 is 12.0 Å². The summed E-state index contributed by atoms with van der Waals surface area (Å²) >= 11 is 0. The van der Waals surface area contributed by atoms with Gasteiger partial charge in [-0.15, -0.1) is 0 Å². The van der Waals surface area contributed by atoms with Gasteiger partial charge in [-0.1, -0.05) is 30.3 Å². The molecule has 128 valence electrons. The molecule has 0 saturated carbocycles. The molecule has 1 N–H and O–H groups in total. The molecule has 0 aromatic heterocycles. The zero-order chi connectivity index (χ0) is 17.5. The third kappa shape index (κ3) is 6.72. The van der Waals surface area contributed by atoms with Crippen molar-refractivity contribution in [1.82, 2.24) is 10.2 Å². The Bertz CT molecular complexity index is 505. The van der Waals surface area contributed by atoms with E-state index in [-0.39, 0.29) is 5.91 Å². The average Bonchev–Trinajstić information content (AvgIpc) is 2.47. The number of alkyl carbamates (subject to hydrolysis) is 1. The van der Waals surface area contributed by atoms with Crippen LogP contribution in [0.4, 0.5) is 4.79 Å². The van der Waals surface area contributed by atoms with Crippen molar-refractivity contribution in [2.75, 3.05) is 13.1 Å². The summed E-state index contributed by atoms with van der Waals surface area (Å²) in [7, 11) is 0. The molecule has 1 aromatic rings. The summed E-state index contributed by atoms with van der Waals surface area (Å²) in [6.45, 7) is 10.5. The van der Waals surface area contributed by atoms with Crippen LogP contribution in [0.2, 0.25) is 0 Å². The molecule has 0 saturated heterocycles. The normalized spacial score (nSPS) is 12.4. The van der Waals surface area contributed by atoms with Crippen molar-refractivity contribution in [3.63, 3.8) is 0 Å². The molecule has 5 nitrogen and oxygen atoms in total. The lowest BCUT2D eigenvalue weighted by atomic mass is 10.0. The number of benzene rings is 1. The molecule has 1 rings (SSSR count). The van der Waals surface area contributed by atoms with E-state index in [1.807, 2.05) is 44.2 Å². The van der Waals surface area contributed by atoms with Crippen LogP contribution in [-0.4, -0.2) is 41.6 Å². The summed E-state index contributed by atoms with van der Waals surface area (Å²) < 4.78 is 5.28. The van der Waals surface area contributed by atoms with E-state index >= 15 is 0 Å². The maximum Gasteiger partial charge on any atom is 0.408 e. The van der Waals surface area contributed by atoms with Gasteiger partial charge in [0, 0.05) is 19.5 Å². The summed E-state index contributed by atoms with van der Waals surface area (Å²) in [6, 6.07) is 9.01. The third-order valence-electron chi connectivity index (χ3n) is 3.35. The fourth-order valence-electron chi connectivity index (χ4n) is 2.26. The lowest BCUT2D eigenvalue weighted by Crippen LogP contribution is -2.50. The number of likely N-dealkylation sites (N-methyl/N-ethyl adjacent to an activating group) is 1. The Labute approximate surface area is 139 Å². The monoisotopic (exact) mass is 320 g/mol. The summed E-state index contributed by atoms with van der Waals surface area (Å²) in [5.74, 6) is -0.0929. The first-order valence-corrected chi connectivity index (χ1v) is 8.09. The maximum atomic E-state index is 12.7. The predicted molar refractivity (Wildman–Crippen MR) is 91.2 cm³/mol. The number of ether oxygens (including phenoxy) is 1. The van der Waals surface area contributed by atoms with E-state index in [4.69, 9.17) is 4.74 Å². The second-order valence-corrected chi connectivity index (χ2v) is 6.40. The summed E-state index contributed by atoms with van der Waals surface area (Å²) in [5.41, 5.74) is 0.397. The first-order chi connectivity index (χ1) is 10.8. The Kier molecular flexibility index (Phi) is 7.07. The zero-order valence-corrected chi connectivity index (χ0v) is 14.8. The molecule has 2 amide bonds. The van der Waals surface area contributed by atoms with E-state index in [1.165, 1.54) is 0 Å². The first-order valence-electron chi connectivity index (χ1n) is 8.09. The highest BCUT2D eigenvalue weighted by molar-refractivity contribution is 5.86. The number of rotatable bonds is 6. The van der Waals surface area contributed by atoms with Crippen LogP contribution in [-0.2, 0) is 16.0 Å². The minimum atomic E-state index is -0.632. The maximum absolute atomic E-state index is 12.7. The van der Waals surface area contributed by atoms with E-state index in [0.717, 1.165) is 5.56 Å². The van der Waals surface area contributed by atoms with E-state index in [1.54, 1.807) is 25.7 Å². The first kappa shape index (κ1) is 19.0. The number of carbonyl (C=O) groups is 2. The summed E-state index contributed by atoms with van der Waals surface area (Å²) in [6.07, 6.45) is -0.131. The molecule has 5 heteroatoms. The van der Waals surface area contributed by atoms with Gasteiger partial charge in [-0.05, 0) is 40.2 Å². The van der Waals surface area contributed by atoms with Gasteiger partial charge in [0.05, 0.1) is 0 Å². The zero-order valence-electron chi connectivity index (χ0n) is 14.8. The van der Waals surface area contributed by atoms with Gasteiger partial charge in [0.2, 0.25) is 5.91 Å². The van der Waals surface area contributed by atoms with Crippen LogP contribution in [0.5, 0.6) is 0 Å². The van der Waals surface area contributed by atoms with Crippen molar-refractivity contribution in [2.45, 2.75) is 52.7 Å². The quantitative estimate of drug-likeness (QED) is 0.876. The lowest BCUT2D eigenvalue weighted by Gasteiger charge is -2.27. The number of carbonyl (C=O) groups excluding carboxylic acids is 2. The second kappa shape index (κ2) is 8.56. The molecule has 0 aliphatic heterocycles. The van der Waals surface area contributed by atoms with Crippen molar-refractivity contribution in [1.29, 1.82) is 0 Å². The SMILES string of the molecule is CCN(CC)C(=O)C(Cc1ccccc1)NC(=O)OC(C)(C)C. The fraction of sp³-hybridized carbons (Fsp3) is 0.556. The molecule has 0 heterocycles. The Morgan fingerprint density at radius 3 is 2.17 bits per heavy atom. The molecular weight excluding hydrogens is 292 g/mol. The predicted octanol–water partition coefficient (Wildman–Crippen LogP) is 2.99. The van der Waals surface area contributed by atoms with Crippen molar-refractivity contribution in [3.8, 4) is 0 Å². The van der Waals surface area contributed by atoms with Gasteiger partial charge >= 0.3 is 6.09 Å². The van der Waals surface area contributed by atoms with Crippen LogP contribution in [0.25, 0.3) is 0 Å². The number of nitrogens with zero attached hydrogens (tertiary/aromatic N) is 1. The highest BCUT2D eigenvalue weighted by Gasteiger charge is 2.27. The number of amides is 2. The number of hydrogen-bond donors (Lipinski definition) is 1. The largest absolute Gasteiger partial charge is 0.444 e. The van der Waals surface area contributed by atoms with Gasteiger partial charge in [0.15, 0.2) is 0 Å². The molecule has 0 bridgehead atoms. The minimum absolute atomic E-state index is 0.0929. The Balaban J connectivity index is 2.87. The Morgan fingerprint density at radius 2 is 1.70 bits per heavy atom. The molecule has 0 radical (unpaired) electrons. The summed E-state index contributed by atoms with van der Waals surface area (Å²) in [5, 5.41) is 2.72. The molecule has 0 aliphatic carbocycles. The molecule has 1 aromatic carbocycles. The van der Waals surface area contributed by atoms with Gasteiger partial charge in [0.1, 0.15) is 11.6 Å². The van der Waals surface area contributed by atoms with Gasteiger partial charge in [-0.25, -0.2) is 4.79 Å². The van der Waals surface area contributed by atoms with E-state index in [0.29, 0.717) is 19.5 Å². The topological polar surface area (TPSA) is 58.6 Å². The highest BCUT2D eigenvalue weighted by atomic mass is 16.6. The molecule has 23 heavy (non-hydrogen) atoms. The second-order valence-electron chi connectivity index (χ2n) is 6.40. The highest BCUT2D eigenvalue weighted by Crippen LogP contribution is 2.10. The molecular formula is C18H28N2O3. The number of hydrogen-bond acceptors (Lipinski definition) is 3. The van der Waals surface area contributed by atoms with Crippen LogP contribution in [0.15, 0.2) is 30.3 Å². The Hall–Kier alpha value is -2.04. The molecule has 0 fully saturated rings. The van der Waals surface area contributed by atoms with Gasteiger partial charge in [-0.2, -0.15) is 0 Å². The smallest absolute Gasteiger partial charge is 0.408 e. The molecule has 0 spiro atoms. The van der Waals surface area contributed by atoms with Crippen molar-refractivity contribution < 1.29 is 14.3 Å².